The number of aromatic nitrogens is 3. The number of pyridine rings is 1. The van der Waals surface area contributed by atoms with Gasteiger partial charge in [-0.15, -0.1) is 34.9 Å². The predicted molar refractivity (Wildman–Crippen MR) is 181 cm³/mol. The van der Waals surface area contributed by atoms with Crippen LogP contribution in [0.2, 0.25) is 0 Å². The SMILES string of the molecule is Cc1[c-]c(-c2nccc3c2ccc2cc(F)ccc23)cc(C)c1.Oc1ccccc1-c1nc2ccccc2n1-c1ccccc1.[Ir]. The standard InChI is InChI=1S/C21H15FN.C19H14N2O.Ir/c1-13-9-14(2)11-16(10-13)21-20-5-3-15-12-17(22)4-6-18(15)19(20)7-8-23-21;22-18-13-7-4-10-15(18)19-20-16-11-5-6-12-17(16)21(19)14-8-2-1-3-9-14;/h3-10,12H,1-2H3;1-13,22H;/q-1;;. The molecule has 8 rings (SSSR count). The molecule has 0 saturated heterocycles. The molecular weight excluding hydrogens is 750 g/mol. The van der Waals surface area contributed by atoms with Gasteiger partial charge in [-0.05, 0) is 81.8 Å². The second kappa shape index (κ2) is 13.1. The van der Waals surface area contributed by atoms with Crippen molar-refractivity contribution in [1.82, 2.24) is 14.5 Å². The quantitative estimate of drug-likeness (QED) is 0.144. The molecule has 4 nitrogen and oxygen atoms in total. The maximum atomic E-state index is 13.5. The van der Waals surface area contributed by atoms with Crippen molar-refractivity contribution in [2.75, 3.05) is 0 Å². The van der Waals surface area contributed by atoms with E-state index in [1.165, 1.54) is 11.6 Å². The first-order valence-electron chi connectivity index (χ1n) is 14.8. The first-order chi connectivity index (χ1) is 22.0. The number of nitrogens with zero attached hydrogens (tertiary/aromatic N) is 3. The molecule has 0 aliphatic rings. The van der Waals surface area contributed by atoms with Gasteiger partial charge in [0.1, 0.15) is 17.4 Å². The molecule has 0 bridgehead atoms. The molecule has 6 aromatic carbocycles. The monoisotopic (exact) mass is 779 g/mol. The Kier molecular flexibility index (Phi) is 8.76. The van der Waals surface area contributed by atoms with Gasteiger partial charge in [0, 0.05) is 32.0 Å². The molecule has 0 saturated carbocycles. The van der Waals surface area contributed by atoms with Gasteiger partial charge in [-0.2, -0.15) is 0 Å². The van der Waals surface area contributed by atoms with Crippen LogP contribution in [0.4, 0.5) is 4.39 Å². The number of rotatable bonds is 3. The van der Waals surface area contributed by atoms with Gasteiger partial charge in [-0.3, -0.25) is 4.57 Å². The van der Waals surface area contributed by atoms with E-state index in [0.717, 1.165) is 66.5 Å². The summed E-state index contributed by atoms with van der Waals surface area (Å²) in [6.07, 6.45) is 1.81. The van der Waals surface area contributed by atoms with Gasteiger partial charge >= 0.3 is 0 Å². The third-order valence-electron chi connectivity index (χ3n) is 7.85. The molecule has 0 fully saturated rings. The van der Waals surface area contributed by atoms with Crippen LogP contribution in [-0.2, 0) is 20.1 Å². The van der Waals surface area contributed by atoms with E-state index in [9.17, 15) is 9.50 Å². The largest absolute Gasteiger partial charge is 0.507 e. The van der Waals surface area contributed by atoms with E-state index in [1.807, 2.05) is 110 Å². The van der Waals surface area contributed by atoms with Crippen LogP contribution < -0.4 is 0 Å². The van der Waals surface area contributed by atoms with Crippen molar-refractivity contribution in [2.45, 2.75) is 13.8 Å². The maximum absolute atomic E-state index is 13.5. The fourth-order valence-corrected chi connectivity index (χ4v) is 5.91. The predicted octanol–water partition coefficient (Wildman–Crippen LogP) is 10.0. The van der Waals surface area contributed by atoms with Crippen molar-refractivity contribution in [3.8, 4) is 34.1 Å². The Morgan fingerprint density at radius 1 is 0.717 bits per heavy atom. The minimum atomic E-state index is -0.214. The van der Waals surface area contributed by atoms with E-state index in [2.05, 4.69) is 34.7 Å². The van der Waals surface area contributed by atoms with E-state index < -0.39 is 0 Å². The second-order valence-corrected chi connectivity index (χ2v) is 11.1. The van der Waals surface area contributed by atoms with Crippen LogP contribution in [0.1, 0.15) is 11.1 Å². The summed E-state index contributed by atoms with van der Waals surface area (Å²) in [6.45, 7) is 4.12. The Morgan fingerprint density at radius 2 is 1.46 bits per heavy atom. The zero-order valence-corrected chi connectivity index (χ0v) is 27.6. The second-order valence-electron chi connectivity index (χ2n) is 11.1. The van der Waals surface area contributed by atoms with Crippen molar-refractivity contribution in [1.29, 1.82) is 0 Å². The van der Waals surface area contributed by atoms with Gasteiger partial charge in [-0.1, -0.05) is 74.5 Å². The van der Waals surface area contributed by atoms with E-state index >= 15 is 0 Å². The average molecular weight is 779 g/mol. The van der Waals surface area contributed by atoms with Gasteiger partial charge in [0.15, 0.2) is 0 Å². The van der Waals surface area contributed by atoms with E-state index in [1.54, 1.807) is 12.1 Å². The van der Waals surface area contributed by atoms with Crippen LogP contribution in [0.5, 0.6) is 5.75 Å². The number of halogens is 1. The number of phenolic OH excluding ortho intramolecular Hbond substituents is 1. The molecule has 1 N–H and O–H groups in total. The van der Waals surface area contributed by atoms with E-state index in [-0.39, 0.29) is 31.7 Å². The number of aromatic hydroxyl groups is 1. The smallest absolute Gasteiger partial charge is 0.149 e. The molecule has 46 heavy (non-hydrogen) atoms. The minimum Gasteiger partial charge on any atom is -0.507 e. The van der Waals surface area contributed by atoms with E-state index in [0.29, 0.717) is 0 Å². The summed E-state index contributed by atoms with van der Waals surface area (Å²) in [5.74, 6) is 0.759. The number of para-hydroxylation sites is 4. The molecule has 227 valence electrons. The summed E-state index contributed by atoms with van der Waals surface area (Å²) in [5.41, 5.74) is 7.88. The Morgan fingerprint density at radius 3 is 2.26 bits per heavy atom. The zero-order valence-electron chi connectivity index (χ0n) is 25.2. The molecular formula is C40H29FIrN3O-. The molecule has 8 aromatic rings. The molecule has 0 amide bonds. The summed E-state index contributed by atoms with van der Waals surface area (Å²) in [5, 5.41) is 14.3. The number of phenols is 1. The zero-order chi connectivity index (χ0) is 30.9. The third kappa shape index (κ3) is 5.93. The van der Waals surface area contributed by atoms with Crippen LogP contribution >= 0.6 is 0 Å². The van der Waals surface area contributed by atoms with Gasteiger partial charge in [0.25, 0.3) is 0 Å². The normalized spacial score (nSPS) is 10.8. The van der Waals surface area contributed by atoms with Crippen molar-refractivity contribution in [3.05, 3.63) is 157 Å². The summed E-state index contributed by atoms with van der Waals surface area (Å²) < 4.78 is 15.5. The molecule has 0 aliphatic heterocycles. The number of hydrogen-bond acceptors (Lipinski definition) is 3. The topological polar surface area (TPSA) is 50.9 Å². The number of hydrogen-bond donors (Lipinski definition) is 1. The van der Waals surface area contributed by atoms with Crippen LogP contribution in [0.15, 0.2) is 134 Å². The van der Waals surface area contributed by atoms with Crippen molar-refractivity contribution in [3.63, 3.8) is 0 Å². The molecule has 0 unspecified atom stereocenters. The third-order valence-corrected chi connectivity index (χ3v) is 7.85. The van der Waals surface area contributed by atoms with Crippen molar-refractivity contribution < 1.29 is 29.6 Å². The fraction of sp³-hybridized carbons (Fsp3) is 0.0500. The molecule has 0 aliphatic carbocycles. The molecule has 0 spiro atoms. The average Bonchev–Trinajstić information content (AvgIpc) is 3.44. The first kappa shape index (κ1) is 30.8. The van der Waals surface area contributed by atoms with Crippen molar-refractivity contribution >= 4 is 32.6 Å². The first-order valence-corrected chi connectivity index (χ1v) is 14.8. The number of fused-ring (bicyclic) bond motifs is 4. The fourth-order valence-electron chi connectivity index (χ4n) is 5.91. The molecule has 0 atom stereocenters. The Labute approximate surface area is 280 Å². The number of benzene rings is 6. The van der Waals surface area contributed by atoms with Gasteiger partial charge < -0.3 is 10.1 Å². The summed E-state index contributed by atoms with van der Waals surface area (Å²) in [7, 11) is 0. The molecule has 1 radical (unpaired) electrons. The summed E-state index contributed by atoms with van der Waals surface area (Å²) in [4.78, 5) is 9.30. The number of imidazole rings is 1. The molecule has 2 heterocycles. The van der Waals surface area contributed by atoms with E-state index in [4.69, 9.17) is 4.98 Å². The van der Waals surface area contributed by atoms with Crippen LogP contribution in [0.25, 0.3) is 60.9 Å². The maximum Gasteiger partial charge on any atom is 0.149 e. The summed E-state index contributed by atoms with van der Waals surface area (Å²) >= 11 is 0. The Hall–Kier alpha value is -5.16. The van der Waals surface area contributed by atoms with Crippen LogP contribution in [0.3, 0.4) is 0 Å². The summed E-state index contributed by atoms with van der Waals surface area (Å²) in [6, 6.07) is 43.8. The molecule has 6 heteroatoms. The van der Waals surface area contributed by atoms with Gasteiger partial charge in [0.2, 0.25) is 0 Å². The van der Waals surface area contributed by atoms with Crippen molar-refractivity contribution in [2.24, 2.45) is 0 Å². The number of aryl methyl sites for hydroxylation is 2. The Bertz CT molecular complexity index is 2310. The Balaban J connectivity index is 0.000000158. The van der Waals surface area contributed by atoms with Crippen LogP contribution in [0, 0.1) is 25.7 Å². The van der Waals surface area contributed by atoms with Gasteiger partial charge in [-0.25, -0.2) is 9.37 Å². The van der Waals surface area contributed by atoms with Gasteiger partial charge in [0.05, 0.1) is 16.6 Å². The van der Waals surface area contributed by atoms with Crippen LogP contribution in [-0.4, -0.2) is 19.6 Å². The minimum absolute atomic E-state index is 0. The molecule has 2 aromatic heterocycles.